The van der Waals surface area contributed by atoms with Gasteiger partial charge in [0.15, 0.2) is 0 Å². The largest absolute Gasteiger partial charge is 0.0771 e. The van der Waals surface area contributed by atoms with Crippen molar-refractivity contribution in [1.29, 1.82) is 0 Å². The molecule has 0 aromatic carbocycles. The number of hydrogen-bond donors (Lipinski definition) is 0. The molecule has 0 aromatic rings. The second-order valence-electron chi connectivity index (χ2n) is 4.41. The Bertz CT molecular complexity index is 188. The summed E-state index contributed by atoms with van der Waals surface area (Å²) in [6.45, 7) is 7.01. The number of rotatable bonds is 5. The lowest BCUT2D eigenvalue weighted by Gasteiger charge is -2.32. The Balaban J connectivity index is 2.57. The van der Waals surface area contributed by atoms with E-state index in [1.165, 1.54) is 25.7 Å². The van der Waals surface area contributed by atoms with Gasteiger partial charge in [-0.05, 0) is 18.3 Å². The minimum atomic E-state index is 0.500. The fourth-order valence-corrected chi connectivity index (χ4v) is 2.06. The van der Waals surface area contributed by atoms with Gasteiger partial charge >= 0.3 is 0 Å². The maximum absolute atomic E-state index is 2.42. The molecule has 74 valence electrons. The van der Waals surface area contributed by atoms with Gasteiger partial charge in [0.1, 0.15) is 0 Å². The molecule has 0 fully saturated rings. The summed E-state index contributed by atoms with van der Waals surface area (Å²) >= 11 is 0. The molecule has 0 nitrogen and oxygen atoms in total. The number of allylic oxidation sites excluding steroid dienone is 4. The highest BCUT2D eigenvalue weighted by atomic mass is 14.3. The Hall–Kier alpha value is -0.520. The standard InChI is InChI=1S/C13H22/c1-4-6-11-13(3,5-2)12-9-7-8-10-12/h7-10,12H,4-6,11H2,1-3H3. The quantitative estimate of drug-likeness (QED) is 0.587. The Morgan fingerprint density at radius 1 is 1.15 bits per heavy atom. The zero-order chi connectivity index (χ0) is 9.73. The van der Waals surface area contributed by atoms with E-state index in [2.05, 4.69) is 45.1 Å². The Morgan fingerprint density at radius 3 is 2.23 bits per heavy atom. The zero-order valence-electron chi connectivity index (χ0n) is 9.22. The van der Waals surface area contributed by atoms with Crippen molar-refractivity contribution in [1.82, 2.24) is 0 Å². The van der Waals surface area contributed by atoms with Crippen LogP contribution < -0.4 is 0 Å². The molecule has 0 heterocycles. The molecule has 0 amide bonds. The van der Waals surface area contributed by atoms with E-state index in [1.54, 1.807) is 0 Å². The highest BCUT2D eigenvalue weighted by Crippen LogP contribution is 2.39. The molecule has 1 aliphatic carbocycles. The fourth-order valence-electron chi connectivity index (χ4n) is 2.06. The van der Waals surface area contributed by atoms with E-state index in [0.717, 1.165) is 0 Å². The van der Waals surface area contributed by atoms with Crippen molar-refractivity contribution in [2.75, 3.05) is 0 Å². The summed E-state index contributed by atoms with van der Waals surface area (Å²) in [4.78, 5) is 0. The van der Waals surface area contributed by atoms with Gasteiger partial charge in [0.2, 0.25) is 0 Å². The first kappa shape index (κ1) is 10.6. The summed E-state index contributed by atoms with van der Waals surface area (Å²) in [5.41, 5.74) is 0.500. The van der Waals surface area contributed by atoms with Crippen LogP contribution in [0.25, 0.3) is 0 Å². The molecule has 1 rings (SSSR count). The van der Waals surface area contributed by atoms with Crippen molar-refractivity contribution in [3.63, 3.8) is 0 Å². The van der Waals surface area contributed by atoms with Crippen LogP contribution in [0.3, 0.4) is 0 Å². The van der Waals surface area contributed by atoms with Gasteiger partial charge in [0.25, 0.3) is 0 Å². The molecule has 0 radical (unpaired) electrons. The average molecular weight is 178 g/mol. The first-order valence-corrected chi connectivity index (χ1v) is 5.58. The monoisotopic (exact) mass is 178 g/mol. The Labute approximate surface area is 82.7 Å². The van der Waals surface area contributed by atoms with Crippen molar-refractivity contribution in [2.24, 2.45) is 11.3 Å². The summed E-state index contributed by atoms with van der Waals surface area (Å²) in [5, 5.41) is 0. The number of hydrogen-bond acceptors (Lipinski definition) is 0. The van der Waals surface area contributed by atoms with E-state index in [-0.39, 0.29) is 0 Å². The van der Waals surface area contributed by atoms with Crippen molar-refractivity contribution in [3.8, 4) is 0 Å². The molecule has 0 aliphatic heterocycles. The van der Waals surface area contributed by atoms with Gasteiger partial charge < -0.3 is 0 Å². The van der Waals surface area contributed by atoms with Crippen LogP contribution in [0.4, 0.5) is 0 Å². The minimum Gasteiger partial charge on any atom is -0.0771 e. The lowest BCUT2D eigenvalue weighted by atomic mass is 9.72. The van der Waals surface area contributed by atoms with Crippen LogP contribution in [0.1, 0.15) is 46.5 Å². The topological polar surface area (TPSA) is 0 Å². The molecule has 0 bridgehead atoms. The van der Waals surface area contributed by atoms with Gasteiger partial charge in [-0.3, -0.25) is 0 Å². The molecule has 1 atom stereocenters. The van der Waals surface area contributed by atoms with Crippen molar-refractivity contribution in [3.05, 3.63) is 24.3 Å². The van der Waals surface area contributed by atoms with Gasteiger partial charge in [-0.1, -0.05) is 57.9 Å². The predicted octanol–water partition coefficient (Wildman–Crippen LogP) is 4.34. The van der Waals surface area contributed by atoms with E-state index >= 15 is 0 Å². The van der Waals surface area contributed by atoms with E-state index in [0.29, 0.717) is 11.3 Å². The molecular formula is C13H22. The maximum atomic E-state index is 2.42. The third-order valence-corrected chi connectivity index (χ3v) is 3.46. The molecule has 0 heteroatoms. The fraction of sp³-hybridized carbons (Fsp3) is 0.692. The van der Waals surface area contributed by atoms with Crippen LogP contribution in [0.2, 0.25) is 0 Å². The molecular weight excluding hydrogens is 156 g/mol. The van der Waals surface area contributed by atoms with E-state index in [1.807, 2.05) is 0 Å². The third-order valence-electron chi connectivity index (χ3n) is 3.46. The van der Waals surface area contributed by atoms with Crippen LogP contribution in [0, 0.1) is 11.3 Å². The molecule has 0 spiro atoms. The smallest absolute Gasteiger partial charge is 0.000653 e. The van der Waals surface area contributed by atoms with E-state index < -0.39 is 0 Å². The van der Waals surface area contributed by atoms with Crippen LogP contribution in [-0.2, 0) is 0 Å². The maximum Gasteiger partial charge on any atom is 0.000653 e. The molecule has 0 saturated carbocycles. The van der Waals surface area contributed by atoms with Gasteiger partial charge in [0, 0.05) is 5.92 Å². The van der Waals surface area contributed by atoms with E-state index in [4.69, 9.17) is 0 Å². The summed E-state index contributed by atoms with van der Waals surface area (Å²) in [5.74, 6) is 0.684. The van der Waals surface area contributed by atoms with Crippen LogP contribution in [0.15, 0.2) is 24.3 Å². The molecule has 1 aliphatic rings. The van der Waals surface area contributed by atoms with E-state index in [9.17, 15) is 0 Å². The lowest BCUT2D eigenvalue weighted by Crippen LogP contribution is -2.23. The van der Waals surface area contributed by atoms with Gasteiger partial charge in [-0.2, -0.15) is 0 Å². The number of unbranched alkanes of at least 4 members (excludes halogenated alkanes) is 1. The molecule has 0 saturated heterocycles. The normalized spacial score (nSPS) is 20.8. The molecule has 1 unspecified atom stereocenters. The second kappa shape index (κ2) is 4.64. The SMILES string of the molecule is CCCCC(C)(CC)C1C=CC=C1. The van der Waals surface area contributed by atoms with Gasteiger partial charge in [-0.15, -0.1) is 0 Å². The highest BCUT2D eigenvalue weighted by molar-refractivity contribution is 5.20. The van der Waals surface area contributed by atoms with Crippen LogP contribution in [-0.4, -0.2) is 0 Å². The van der Waals surface area contributed by atoms with Crippen molar-refractivity contribution in [2.45, 2.75) is 46.5 Å². The summed E-state index contributed by atoms with van der Waals surface area (Å²) in [6.07, 6.45) is 14.4. The summed E-state index contributed by atoms with van der Waals surface area (Å²) in [6, 6.07) is 0. The Morgan fingerprint density at radius 2 is 1.77 bits per heavy atom. The Kier molecular flexibility index (Phi) is 3.77. The average Bonchev–Trinajstić information content (AvgIpc) is 2.67. The predicted molar refractivity (Wildman–Crippen MR) is 59.7 cm³/mol. The van der Waals surface area contributed by atoms with Crippen molar-refractivity contribution >= 4 is 0 Å². The van der Waals surface area contributed by atoms with Crippen LogP contribution in [0.5, 0.6) is 0 Å². The summed E-state index contributed by atoms with van der Waals surface area (Å²) < 4.78 is 0. The minimum absolute atomic E-state index is 0.500. The zero-order valence-corrected chi connectivity index (χ0v) is 9.22. The molecule has 0 aromatic heterocycles. The molecule has 13 heavy (non-hydrogen) atoms. The second-order valence-corrected chi connectivity index (χ2v) is 4.41. The van der Waals surface area contributed by atoms with Gasteiger partial charge in [0.05, 0.1) is 0 Å². The summed E-state index contributed by atoms with van der Waals surface area (Å²) in [7, 11) is 0. The highest BCUT2D eigenvalue weighted by Gasteiger charge is 2.29. The van der Waals surface area contributed by atoms with Gasteiger partial charge in [-0.25, -0.2) is 0 Å². The third kappa shape index (κ3) is 2.46. The first-order valence-electron chi connectivity index (χ1n) is 5.58. The first-order chi connectivity index (χ1) is 6.23. The van der Waals surface area contributed by atoms with Crippen LogP contribution >= 0.6 is 0 Å². The van der Waals surface area contributed by atoms with Crippen molar-refractivity contribution < 1.29 is 0 Å². The molecule has 0 N–H and O–H groups in total. The lowest BCUT2D eigenvalue weighted by molar-refractivity contribution is 0.228.